The number of hydrogen-bond acceptors (Lipinski definition) is 2. The molecule has 1 unspecified atom stereocenters. The minimum atomic E-state index is -0.101. The molecule has 1 atom stereocenters. The molecule has 1 fully saturated rings. The Morgan fingerprint density at radius 3 is 2.61 bits per heavy atom. The summed E-state index contributed by atoms with van der Waals surface area (Å²) in [5, 5.41) is 0.0784. The average Bonchev–Trinajstić information content (AvgIpc) is 2.47. The summed E-state index contributed by atoms with van der Waals surface area (Å²) in [5.41, 5.74) is 8.43. The van der Waals surface area contributed by atoms with E-state index in [9.17, 15) is 0 Å². The number of hydrogen-bond donors (Lipinski definition) is 1. The summed E-state index contributed by atoms with van der Waals surface area (Å²) in [4.78, 5) is 0. The van der Waals surface area contributed by atoms with Gasteiger partial charge in [-0.05, 0) is 37.5 Å². The second-order valence-corrected chi connectivity index (χ2v) is 7.11. The van der Waals surface area contributed by atoms with Gasteiger partial charge in [0, 0.05) is 6.54 Å². The molecule has 0 aromatic carbocycles. The van der Waals surface area contributed by atoms with Crippen molar-refractivity contribution in [2.75, 3.05) is 6.54 Å². The highest BCUT2D eigenvalue weighted by atomic mass is 35.5. The standard InChI is InChI=1S/C14H23BClNO/c1-13(2)9-15(18-14(13,3)4)12-6-5-11(16)7-10(12)8-17/h5-6,11H,7-9,17H2,1-4H3. The molecule has 0 bridgehead atoms. The van der Waals surface area contributed by atoms with Crippen LogP contribution in [0.4, 0.5) is 0 Å². The summed E-state index contributed by atoms with van der Waals surface area (Å²) in [5.74, 6) is 0. The molecule has 0 amide bonds. The van der Waals surface area contributed by atoms with Crippen molar-refractivity contribution in [3.8, 4) is 0 Å². The van der Waals surface area contributed by atoms with Crippen LogP contribution in [0.3, 0.4) is 0 Å². The molecule has 18 heavy (non-hydrogen) atoms. The highest BCUT2D eigenvalue weighted by Crippen LogP contribution is 2.47. The minimum Gasteiger partial charge on any atom is -0.426 e. The van der Waals surface area contributed by atoms with Gasteiger partial charge in [-0.25, -0.2) is 0 Å². The van der Waals surface area contributed by atoms with Crippen molar-refractivity contribution in [3.05, 3.63) is 23.2 Å². The maximum Gasteiger partial charge on any atom is 0.327 e. The molecule has 0 saturated carbocycles. The smallest absolute Gasteiger partial charge is 0.327 e. The first-order valence-corrected chi connectivity index (χ1v) is 7.12. The van der Waals surface area contributed by atoms with Gasteiger partial charge in [0.05, 0.1) is 11.0 Å². The highest BCUT2D eigenvalue weighted by Gasteiger charge is 2.50. The molecule has 1 aliphatic carbocycles. The fourth-order valence-electron chi connectivity index (χ4n) is 2.72. The van der Waals surface area contributed by atoms with Crippen LogP contribution in [0.2, 0.25) is 6.32 Å². The Morgan fingerprint density at radius 1 is 1.44 bits per heavy atom. The van der Waals surface area contributed by atoms with Crippen LogP contribution in [0, 0.1) is 5.41 Å². The lowest BCUT2D eigenvalue weighted by Crippen LogP contribution is -2.34. The quantitative estimate of drug-likeness (QED) is 0.616. The molecule has 2 rings (SSSR count). The molecule has 2 aliphatic rings. The first-order chi connectivity index (χ1) is 8.27. The Balaban J connectivity index is 2.26. The minimum absolute atomic E-state index is 0.0784. The molecule has 1 heterocycles. The van der Waals surface area contributed by atoms with Crippen LogP contribution in [0.25, 0.3) is 0 Å². The molecule has 2 N–H and O–H groups in total. The van der Waals surface area contributed by atoms with E-state index in [-0.39, 0.29) is 23.3 Å². The van der Waals surface area contributed by atoms with Gasteiger partial charge in [0.25, 0.3) is 0 Å². The maximum atomic E-state index is 6.26. The largest absolute Gasteiger partial charge is 0.426 e. The van der Waals surface area contributed by atoms with E-state index in [0.29, 0.717) is 6.54 Å². The molecule has 100 valence electrons. The van der Waals surface area contributed by atoms with E-state index in [1.165, 1.54) is 11.0 Å². The van der Waals surface area contributed by atoms with Gasteiger partial charge in [-0.1, -0.05) is 31.6 Å². The molecule has 0 aromatic rings. The second-order valence-electron chi connectivity index (χ2n) is 6.55. The predicted molar refractivity (Wildman–Crippen MR) is 79.0 cm³/mol. The molecule has 0 radical (unpaired) electrons. The number of alkyl halides is 1. The summed E-state index contributed by atoms with van der Waals surface area (Å²) < 4.78 is 6.26. The zero-order valence-corrected chi connectivity index (χ0v) is 12.6. The zero-order valence-electron chi connectivity index (χ0n) is 11.8. The Bertz CT molecular complexity index is 385. The first-order valence-electron chi connectivity index (χ1n) is 6.69. The van der Waals surface area contributed by atoms with Gasteiger partial charge in [-0.15, -0.1) is 11.6 Å². The Morgan fingerprint density at radius 2 is 2.11 bits per heavy atom. The third-order valence-corrected chi connectivity index (χ3v) is 4.99. The SMILES string of the molecule is CC1(C)CB(C2=C(CN)CC(Cl)C=C2)OC1(C)C. The highest BCUT2D eigenvalue weighted by molar-refractivity contribution is 6.62. The van der Waals surface area contributed by atoms with Crippen LogP contribution in [-0.4, -0.2) is 24.4 Å². The fourth-order valence-corrected chi connectivity index (χ4v) is 2.98. The van der Waals surface area contributed by atoms with Crippen LogP contribution in [0.5, 0.6) is 0 Å². The van der Waals surface area contributed by atoms with Crippen molar-refractivity contribution in [1.82, 2.24) is 0 Å². The summed E-state index contributed by atoms with van der Waals surface area (Å²) in [6.07, 6.45) is 6.06. The molecular weight excluding hydrogens is 244 g/mol. The molecule has 1 aliphatic heterocycles. The number of allylic oxidation sites excluding steroid dienone is 3. The van der Waals surface area contributed by atoms with Crippen LogP contribution in [0.1, 0.15) is 34.1 Å². The third-order valence-electron chi connectivity index (χ3n) is 4.69. The lowest BCUT2D eigenvalue weighted by atomic mass is 9.52. The van der Waals surface area contributed by atoms with E-state index < -0.39 is 0 Å². The average molecular weight is 268 g/mol. The number of halogens is 1. The van der Waals surface area contributed by atoms with Crippen molar-refractivity contribution in [1.29, 1.82) is 0 Å². The van der Waals surface area contributed by atoms with Crippen LogP contribution < -0.4 is 5.73 Å². The Kier molecular flexibility index (Phi) is 3.70. The van der Waals surface area contributed by atoms with Crippen molar-refractivity contribution in [2.24, 2.45) is 11.1 Å². The van der Waals surface area contributed by atoms with E-state index >= 15 is 0 Å². The van der Waals surface area contributed by atoms with Crippen LogP contribution >= 0.6 is 11.6 Å². The molecule has 0 spiro atoms. The number of rotatable bonds is 2. The normalized spacial score (nSPS) is 30.1. The van der Waals surface area contributed by atoms with Crippen LogP contribution in [-0.2, 0) is 4.65 Å². The molecule has 2 nitrogen and oxygen atoms in total. The third kappa shape index (κ3) is 2.41. The second kappa shape index (κ2) is 4.70. The van der Waals surface area contributed by atoms with Gasteiger partial charge < -0.3 is 10.4 Å². The summed E-state index contributed by atoms with van der Waals surface area (Å²) in [7, 11) is 0. The van der Waals surface area contributed by atoms with Gasteiger partial charge in [0.2, 0.25) is 0 Å². The molecule has 1 saturated heterocycles. The summed E-state index contributed by atoms with van der Waals surface area (Å²) >= 11 is 6.16. The zero-order chi connectivity index (χ0) is 13.6. The van der Waals surface area contributed by atoms with Gasteiger partial charge in [0.1, 0.15) is 0 Å². The van der Waals surface area contributed by atoms with Gasteiger partial charge in [-0.3, -0.25) is 0 Å². The van der Waals surface area contributed by atoms with Crippen molar-refractivity contribution in [2.45, 2.75) is 51.4 Å². The Labute approximate surface area is 116 Å². The van der Waals surface area contributed by atoms with Gasteiger partial charge in [0.15, 0.2) is 0 Å². The topological polar surface area (TPSA) is 35.2 Å². The Hall–Kier alpha value is -0.245. The van der Waals surface area contributed by atoms with E-state index in [4.69, 9.17) is 22.0 Å². The monoisotopic (exact) mass is 267 g/mol. The van der Waals surface area contributed by atoms with Crippen molar-refractivity contribution in [3.63, 3.8) is 0 Å². The van der Waals surface area contributed by atoms with E-state index in [0.717, 1.165) is 12.7 Å². The van der Waals surface area contributed by atoms with Crippen molar-refractivity contribution >= 4 is 18.5 Å². The van der Waals surface area contributed by atoms with Gasteiger partial charge >= 0.3 is 6.92 Å². The maximum absolute atomic E-state index is 6.26. The molecule has 0 aromatic heterocycles. The van der Waals surface area contributed by atoms with Crippen LogP contribution in [0.15, 0.2) is 23.2 Å². The lowest BCUT2D eigenvalue weighted by molar-refractivity contribution is 0.0371. The van der Waals surface area contributed by atoms with E-state index in [2.05, 4.69) is 39.8 Å². The van der Waals surface area contributed by atoms with E-state index in [1.807, 2.05) is 0 Å². The predicted octanol–water partition coefficient (Wildman–Crippen LogP) is 3.17. The molecular formula is C14H23BClNO. The van der Waals surface area contributed by atoms with Crippen molar-refractivity contribution < 1.29 is 4.65 Å². The fraction of sp³-hybridized carbons (Fsp3) is 0.714. The van der Waals surface area contributed by atoms with Gasteiger partial charge in [-0.2, -0.15) is 0 Å². The van der Waals surface area contributed by atoms with E-state index in [1.54, 1.807) is 0 Å². The summed E-state index contributed by atoms with van der Waals surface area (Å²) in [6.45, 7) is 9.62. The summed E-state index contributed by atoms with van der Waals surface area (Å²) in [6, 6.07) is 0. The molecule has 4 heteroatoms. The first kappa shape index (κ1) is 14.2. The number of nitrogens with two attached hydrogens (primary N) is 1. The lowest BCUT2D eigenvalue weighted by Gasteiger charge is -2.34.